The highest BCUT2D eigenvalue weighted by Crippen LogP contribution is 2.31. The number of nitriles is 1. The Morgan fingerprint density at radius 1 is 1.18 bits per heavy atom. The van der Waals surface area contributed by atoms with E-state index in [1.807, 2.05) is 0 Å². The summed E-state index contributed by atoms with van der Waals surface area (Å²) >= 11 is 0. The van der Waals surface area contributed by atoms with Gasteiger partial charge in [0.1, 0.15) is 5.75 Å². The Labute approximate surface area is 119 Å². The van der Waals surface area contributed by atoms with E-state index in [0.717, 1.165) is 24.3 Å². The molecule has 0 aliphatic heterocycles. The molecule has 0 fully saturated rings. The first-order chi connectivity index (χ1) is 10.0. The van der Waals surface area contributed by atoms with Crippen LogP contribution in [-0.2, 0) is 4.74 Å². The third kappa shape index (κ3) is 5.25. The maximum atomic E-state index is 13.1. The first-order valence-electron chi connectivity index (χ1n) is 5.51. The Kier molecular flexibility index (Phi) is 5.38. The lowest BCUT2D eigenvalue weighted by Crippen LogP contribution is -2.41. The van der Waals surface area contributed by atoms with Gasteiger partial charge in [0.05, 0.1) is 12.5 Å². The number of hydrogen-bond acceptors (Lipinski definition) is 4. The van der Waals surface area contributed by atoms with Crippen LogP contribution >= 0.6 is 0 Å². The number of rotatable bonds is 6. The van der Waals surface area contributed by atoms with Crippen molar-refractivity contribution in [1.82, 2.24) is 0 Å². The number of carbonyl (C=O) groups is 1. The van der Waals surface area contributed by atoms with Crippen molar-refractivity contribution in [1.29, 1.82) is 5.26 Å². The lowest BCUT2D eigenvalue weighted by Gasteiger charge is -2.22. The van der Waals surface area contributed by atoms with Gasteiger partial charge in [0.2, 0.25) is 0 Å². The smallest absolute Gasteiger partial charge is 0.429 e. The lowest BCUT2D eigenvalue weighted by atomic mass is 10.1. The molecule has 0 N–H and O–H groups in total. The number of halogens is 6. The Bertz CT molecular complexity index is 564. The van der Waals surface area contributed by atoms with Crippen molar-refractivity contribution in [3.8, 4) is 11.8 Å². The zero-order valence-electron chi connectivity index (χ0n) is 10.5. The van der Waals surface area contributed by atoms with Crippen LogP contribution in [0, 0.1) is 11.3 Å². The molecule has 1 aromatic carbocycles. The molecule has 0 saturated carbocycles. The summed E-state index contributed by atoms with van der Waals surface area (Å²) < 4.78 is 80.3. The molecule has 0 aliphatic carbocycles. The minimum absolute atomic E-state index is 0.000515. The van der Waals surface area contributed by atoms with Crippen molar-refractivity contribution in [2.45, 2.75) is 25.2 Å². The topological polar surface area (TPSA) is 59.3 Å². The van der Waals surface area contributed by atoms with Gasteiger partial charge in [0.15, 0.2) is 5.78 Å². The molecule has 0 bridgehead atoms. The molecule has 0 aromatic heterocycles. The molecule has 0 spiro atoms. The molecule has 0 amide bonds. The second kappa shape index (κ2) is 6.65. The van der Waals surface area contributed by atoms with E-state index in [4.69, 9.17) is 5.26 Å². The number of ketones is 1. The van der Waals surface area contributed by atoms with Crippen molar-refractivity contribution in [2.24, 2.45) is 0 Å². The fourth-order valence-electron chi connectivity index (χ4n) is 1.27. The standard InChI is InChI=1S/C12H7F6NO3/c13-10(22-12(16,17)18)11(14,15)21-8-3-1-7(2-4-8)9(20)5-6-19/h1-4,10H,5H2/t10-/m1/s1. The summed E-state index contributed by atoms with van der Waals surface area (Å²) in [5, 5.41) is 8.32. The molecule has 1 rings (SSSR count). The highest BCUT2D eigenvalue weighted by atomic mass is 19.4. The van der Waals surface area contributed by atoms with Gasteiger partial charge < -0.3 is 4.74 Å². The molecule has 10 heteroatoms. The average molecular weight is 327 g/mol. The van der Waals surface area contributed by atoms with E-state index < -0.39 is 36.8 Å². The van der Waals surface area contributed by atoms with E-state index >= 15 is 0 Å². The fraction of sp³-hybridized carbons (Fsp3) is 0.333. The molecule has 1 aromatic rings. The number of nitrogens with zero attached hydrogens (tertiary/aromatic N) is 1. The van der Waals surface area contributed by atoms with E-state index in [-0.39, 0.29) is 5.56 Å². The molecular weight excluding hydrogens is 320 g/mol. The third-order valence-electron chi connectivity index (χ3n) is 2.17. The van der Waals surface area contributed by atoms with Gasteiger partial charge in [-0.3, -0.25) is 4.79 Å². The predicted molar refractivity (Wildman–Crippen MR) is 58.6 cm³/mol. The molecular formula is C12H7F6NO3. The summed E-state index contributed by atoms with van der Waals surface area (Å²) in [5.74, 6) is -1.28. The van der Waals surface area contributed by atoms with Crippen LogP contribution in [0.1, 0.15) is 16.8 Å². The van der Waals surface area contributed by atoms with Gasteiger partial charge in [0, 0.05) is 5.56 Å². The lowest BCUT2D eigenvalue weighted by molar-refractivity contribution is -0.411. The normalized spacial score (nSPS) is 13.3. The van der Waals surface area contributed by atoms with Crippen LogP contribution in [0.4, 0.5) is 26.3 Å². The van der Waals surface area contributed by atoms with Gasteiger partial charge in [-0.15, -0.1) is 13.2 Å². The van der Waals surface area contributed by atoms with Gasteiger partial charge in [-0.05, 0) is 24.3 Å². The molecule has 0 saturated heterocycles. The minimum atomic E-state index is -5.60. The van der Waals surface area contributed by atoms with Gasteiger partial charge in [-0.1, -0.05) is 0 Å². The summed E-state index contributed by atoms with van der Waals surface area (Å²) in [6.45, 7) is 0. The summed E-state index contributed by atoms with van der Waals surface area (Å²) in [7, 11) is 0. The minimum Gasteiger partial charge on any atom is -0.429 e. The molecule has 4 nitrogen and oxygen atoms in total. The Hall–Kier alpha value is -2.28. The summed E-state index contributed by atoms with van der Waals surface area (Å²) in [5.41, 5.74) is 0.000515. The zero-order valence-corrected chi connectivity index (χ0v) is 10.5. The van der Waals surface area contributed by atoms with Gasteiger partial charge in [-0.25, -0.2) is 9.13 Å². The predicted octanol–water partition coefficient (Wildman–Crippen LogP) is 3.59. The Balaban J connectivity index is 2.77. The van der Waals surface area contributed by atoms with Crippen LogP contribution in [-0.4, -0.2) is 24.6 Å². The summed E-state index contributed by atoms with van der Waals surface area (Å²) in [4.78, 5) is 11.3. The number of alkyl halides is 6. The second-order valence-electron chi connectivity index (χ2n) is 3.83. The number of benzene rings is 1. The number of Topliss-reactive ketones (excluding diaryl/α,β-unsaturated/α-hetero) is 1. The molecule has 0 aliphatic rings. The van der Waals surface area contributed by atoms with E-state index in [1.54, 1.807) is 6.07 Å². The van der Waals surface area contributed by atoms with Crippen molar-refractivity contribution < 1.29 is 40.6 Å². The van der Waals surface area contributed by atoms with Gasteiger partial charge >= 0.3 is 18.8 Å². The zero-order chi connectivity index (χ0) is 17.0. The molecule has 1 atom stereocenters. The molecule has 22 heavy (non-hydrogen) atoms. The highest BCUT2D eigenvalue weighted by Gasteiger charge is 2.50. The number of hydrogen-bond donors (Lipinski definition) is 0. The van der Waals surface area contributed by atoms with Crippen LogP contribution in [0.2, 0.25) is 0 Å². The summed E-state index contributed by atoms with van der Waals surface area (Å²) in [6.07, 6.45) is -15.0. The van der Waals surface area contributed by atoms with Crippen LogP contribution in [0.5, 0.6) is 5.75 Å². The van der Waals surface area contributed by atoms with Crippen molar-refractivity contribution >= 4 is 5.78 Å². The van der Waals surface area contributed by atoms with Crippen LogP contribution in [0.25, 0.3) is 0 Å². The van der Waals surface area contributed by atoms with Crippen LogP contribution in [0.3, 0.4) is 0 Å². The largest absolute Gasteiger partial charge is 0.525 e. The van der Waals surface area contributed by atoms with E-state index in [9.17, 15) is 31.1 Å². The third-order valence-corrected chi connectivity index (χ3v) is 2.17. The van der Waals surface area contributed by atoms with E-state index in [1.165, 1.54) is 0 Å². The number of ether oxygens (including phenoxy) is 2. The monoisotopic (exact) mass is 327 g/mol. The van der Waals surface area contributed by atoms with Crippen molar-refractivity contribution in [3.63, 3.8) is 0 Å². The number of carbonyl (C=O) groups excluding carboxylic acids is 1. The molecule has 120 valence electrons. The highest BCUT2D eigenvalue weighted by molar-refractivity contribution is 5.97. The van der Waals surface area contributed by atoms with Crippen molar-refractivity contribution in [3.05, 3.63) is 29.8 Å². The van der Waals surface area contributed by atoms with Crippen LogP contribution < -0.4 is 4.74 Å². The maximum absolute atomic E-state index is 13.1. The van der Waals surface area contributed by atoms with E-state index in [2.05, 4.69) is 9.47 Å². The van der Waals surface area contributed by atoms with Crippen LogP contribution in [0.15, 0.2) is 24.3 Å². The first kappa shape index (κ1) is 17.8. The van der Waals surface area contributed by atoms with Crippen molar-refractivity contribution in [2.75, 3.05) is 0 Å². The Morgan fingerprint density at radius 2 is 1.73 bits per heavy atom. The van der Waals surface area contributed by atoms with Gasteiger partial charge in [-0.2, -0.15) is 14.0 Å². The van der Waals surface area contributed by atoms with Gasteiger partial charge in [0.25, 0.3) is 0 Å². The van der Waals surface area contributed by atoms with E-state index in [0.29, 0.717) is 0 Å². The first-order valence-corrected chi connectivity index (χ1v) is 5.51. The SMILES string of the molecule is N#CCC(=O)c1ccc(OC(F)(F)[C@H](F)OC(F)(F)F)cc1. The molecule has 0 radical (unpaired) electrons. The quantitative estimate of drug-likeness (QED) is 0.592. The fourth-order valence-corrected chi connectivity index (χ4v) is 1.27. The average Bonchev–Trinajstić information content (AvgIpc) is 2.37. The molecule has 0 heterocycles. The maximum Gasteiger partial charge on any atom is 0.525 e. The second-order valence-corrected chi connectivity index (χ2v) is 3.83. The Morgan fingerprint density at radius 3 is 2.18 bits per heavy atom. The summed E-state index contributed by atoms with van der Waals surface area (Å²) in [6, 6.07) is 5.22. The molecule has 0 unspecified atom stereocenters.